The van der Waals surface area contributed by atoms with Gasteiger partial charge in [-0.25, -0.2) is 4.79 Å². The van der Waals surface area contributed by atoms with Gasteiger partial charge in [0.2, 0.25) is 0 Å². The standard InChI is InChI=1S/C21H22N4O3/c26-21(23-14-17-5-6-19-20(12-17)28-10-9-27-19)22-13-16-3-1-4-18(11-16)15-25-8-2-7-24-25/h1-8,11-12H,9-10,13-15H2,(H2,22,23,26). The van der Waals surface area contributed by atoms with E-state index in [9.17, 15) is 4.79 Å². The summed E-state index contributed by atoms with van der Waals surface area (Å²) in [6.07, 6.45) is 3.69. The van der Waals surface area contributed by atoms with Gasteiger partial charge in [-0.1, -0.05) is 30.3 Å². The molecule has 2 amide bonds. The fourth-order valence-electron chi connectivity index (χ4n) is 3.04. The van der Waals surface area contributed by atoms with Crippen LogP contribution >= 0.6 is 0 Å². The number of nitrogens with zero attached hydrogens (tertiary/aromatic N) is 2. The van der Waals surface area contributed by atoms with Crippen molar-refractivity contribution in [2.24, 2.45) is 0 Å². The largest absolute Gasteiger partial charge is 0.486 e. The number of hydrogen-bond donors (Lipinski definition) is 2. The topological polar surface area (TPSA) is 77.4 Å². The van der Waals surface area contributed by atoms with Gasteiger partial charge in [-0.2, -0.15) is 5.10 Å². The average Bonchev–Trinajstić information content (AvgIpc) is 3.24. The van der Waals surface area contributed by atoms with Gasteiger partial charge in [-0.05, 0) is 34.9 Å². The van der Waals surface area contributed by atoms with Crippen LogP contribution in [0.25, 0.3) is 0 Å². The quantitative estimate of drug-likeness (QED) is 0.691. The molecule has 7 nitrogen and oxygen atoms in total. The smallest absolute Gasteiger partial charge is 0.315 e. The van der Waals surface area contributed by atoms with Crippen molar-refractivity contribution in [3.05, 3.63) is 77.6 Å². The van der Waals surface area contributed by atoms with Crippen molar-refractivity contribution in [2.75, 3.05) is 13.2 Å². The molecule has 0 spiro atoms. The highest BCUT2D eigenvalue weighted by molar-refractivity contribution is 5.73. The Morgan fingerprint density at radius 2 is 1.68 bits per heavy atom. The molecule has 1 aromatic heterocycles. The van der Waals surface area contributed by atoms with Crippen molar-refractivity contribution in [1.29, 1.82) is 0 Å². The Bertz CT molecular complexity index is 941. The minimum absolute atomic E-state index is 0.215. The van der Waals surface area contributed by atoms with E-state index in [2.05, 4.69) is 21.8 Å². The second-order valence-electron chi connectivity index (χ2n) is 6.54. The van der Waals surface area contributed by atoms with E-state index >= 15 is 0 Å². The van der Waals surface area contributed by atoms with Gasteiger partial charge in [0.25, 0.3) is 0 Å². The summed E-state index contributed by atoms with van der Waals surface area (Å²) in [6.45, 7) is 2.69. The number of rotatable bonds is 6. The Labute approximate surface area is 163 Å². The van der Waals surface area contributed by atoms with E-state index < -0.39 is 0 Å². The van der Waals surface area contributed by atoms with Gasteiger partial charge >= 0.3 is 6.03 Å². The van der Waals surface area contributed by atoms with Crippen LogP contribution in [0, 0.1) is 0 Å². The van der Waals surface area contributed by atoms with E-state index in [4.69, 9.17) is 9.47 Å². The number of nitrogens with one attached hydrogen (secondary N) is 2. The highest BCUT2D eigenvalue weighted by Crippen LogP contribution is 2.30. The third-order valence-electron chi connectivity index (χ3n) is 4.41. The zero-order chi connectivity index (χ0) is 19.2. The van der Waals surface area contributed by atoms with Crippen molar-refractivity contribution >= 4 is 6.03 Å². The lowest BCUT2D eigenvalue weighted by molar-refractivity contribution is 0.171. The Morgan fingerprint density at radius 1 is 0.929 bits per heavy atom. The number of carbonyl (C=O) groups excluding carboxylic acids is 1. The van der Waals surface area contributed by atoms with Crippen molar-refractivity contribution in [3.63, 3.8) is 0 Å². The summed E-state index contributed by atoms with van der Waals surface area (Å²) in [4.78, 5) is 12.1. The molecule has 1 aliphatic heterocycles. The summed E-state index contributed by atoms with van der Waals surface area (Å²) < 4.78 is 12.9. The molecule has 0 radical (unpaired) electrons. The van der Waals surface area contributed by atoms with Crippen LogP contribution < -0.4 is 20.1 Å². The van der Waals surface area contributed by atoms with E-state index in [1.165, 1.54) is 0 Å². The van der Waals surface area contributed by atoms with Crippen LogP contribution in [0.5, 0.6) is 11.5 Å². The number of urea groups is 1. The molecule has 0 saturated carbocycles. The van der Waals surface area contributed by atoms with E-state index in [1.807, 2.05) is 53.3 Å². The van der Waals surface area contributed by atoms with Crippen molar-refractivity contribution < 1.29 is 14.3 Å². The lowest BCUT2D eigenvalue weighted by Crippen LogP contribution is -2.34. The summed E-state index contributed by atoms with van der Waals surface area (Å²) in [5.74, 6) is 1.47. The molecule has 0 fully saturated rings. The van der Waals surface area contributed by atoms with Crippen molar-refractivity contribution in [3.8, 4) is 11.5 Å². The number of fused-ring (bicyclic) bond motifs is 1. The second kappa shape index (κ2) is 8.47. The Morgan fingerprint density at radius 3 is 2.46 bits per heavy atom. The molecule has 2 N–H and O–H groups in total. The van der Waals surface area contributed by atoms with Crippen LogP contribution in [0.4, 0.5) is 4.79 Å². The number of benzene rings is 2. The first-order chi connectivity index (χ1) is 13.8. The first-order valence-electron chi connectivity index (χ1n) is 9.22. The minimum Gasteiger partial charge on any atom is -0.486 e. The van der Waals surface area contributed by atoms with Crippen LogP contribution in [0.1, 0.15) is 16.7 Å². The predicted octanol–water partition coefficient (Wildman–Crippen LogP) is 2.70. The van der Waals surface area contributed by atoms with Crippen LogP contribution in [-0.4, -0.2) is 29.0 Å². The summed E-state index contributed by atoms with van der Waals surface area (Å²) in [5, 5.41) is 9.97. The first kappa shape index (κ1) is 17.9. The zero-order valence-electron chi connectivity index (χ0n) is 15.4. The molecule has 7 heteroatoms. The molecule has 1 aliphatic rings. The third kappa shape index (κ3) is 4.62. The molecule has 3 aromatic rings. The monoisotopic (exact) mass is 378 g/mol. The van der Waals surface area contributed by atoms with E-state index in [-0.39, 0.29) is 6.03 Å². The maximum Gasteiger partial charge on any atom is 0.315 e. The fourth-order valence-corrected chi connectivity index (χ4v) is 3.04. The molecular formula is C21H22N4O3. The van der Waals surface area contributed by atoms with Gasteiger partial charge in [0, 0.05) is 25.5 Å². The number of hydrogen-bond acceptors (Lipinski definition) is 4. The van der Waals surface area contributed by atoms with Crippen molar-refractivity contribution in [1.82, 2.24) is 20.4 Å². The predicted molar refractivity (Wildman–Crippen MR) is 104 cm³/mol. The summed E-state index contributed by atoms with van der Waals surface area (Å²) in [7, 11) is 0. The molecule has 2 aromatic carbocycles. The van der Waals surface area contributed by atoms with Crippen LogP contribution in [0.2, 0.25) is 0 Å². The van der Waals surface area contributed by atoms with Gasteiger partial charge < -0.3 is 20.1 Å². The SMILES string of the molecule is O=C(NCc1cccc(Cn2cccn2)c1)NCc1ccc2c(c1)OCCO2. The molecule has 0 unspecified atom stereocenters. The van der Waals surface area contributed by atoms with Crippen LogP contribution in [0.3, 0.4) is 0 Å². The number of carbonyl (C=O) groups is 1. The van der Waals surface area contributed by atoms with E-state index in [0.717, 1.165) is 28.2 Å². The highest BCUT2D eigenvalue weighted by atomic mass is 16.6. The van der Waals surface area contributed by atoms with Gasteiger partial charge in [0.05, 0.1) is 6.54 Å². The highest BCUT2D eigenvalue weighted by Gasteiger charge is 2.12. The van der Waals surface area contributed by atoms with E-state index in [1.54, 1.807) is 6.20 Å². The maximum absolute atomic E-state index is 12.1. The fraction of sp³-hybridized carbons (Fsp3) is 0.238. The molecule has 2 heterocycles. The van der Waals surface area contributed by atoms with Gasteiger partial charge in [-0.15, -0.1) is 0 Å². The molecule has 0 aliphatic carbocycles. The molecule has 0 atom stereocenters. The van der Waals surface area contributed by atoms with Crippen molar-refractivity contribution in [2.45, 2.75) is 19.6 Å². The van der Waals surface area contributed by atoms with Crippen LogP contribution in [-0.2, 0) is 19.6 Å². The molecular weight excluding hydrogens is 356 g/mol. The number of ether oxygens (including phenoxy) is 2. The molecule has 0 saturated heterocycles. The maximum atomic E-state index is 12.1. The summed E-state index contributed by atoms with van der Waals surface area (Å²) in [6, 6.07) is 15.5. The van der Waals surface area contributed by atoms with Gasteiger partial charge in [0.15, 0.2) is 11.5 Å². The summed E-state index contributed by atoms with van der Waals surface area (Å²) >= 11 is 0. The lowest BCUT2D eigenvalue weighted by Gasteiger charge is -2.19. The molecule has 4 rings (SSSR count). The molecule has 0 bridgehead atoms. The normalized spacial score (nSPS) is 12.4. The molecule has 144 valence electrons. The number of amides is 2. The Hall–Kier alpha value is -3.48. The lowest BCUT2D eigenvalue weighted by atomic mass is 10.1. The first-order valence-corrected chi connectivity index (χ1v) is 9.22. The van der Waals surface area contributed by atoms with Crippen LogP contribution in [0.15, 0.2) is 60.9 Å². The van der Waals surface area contributed by atoms with E-state index in [0.29, 0.717) is 32.8 Å². The zero-order valence-corrected chi connectivity index (χ0v) is 15.4. The summed E-state index contributed by atoms with van der Waals surface area (Å²) in [5.41, 5.74) is 3.14. The second-order valence-corrected chi connectivity index (χ2v) is 6.54. The Kier molecular flexibility index (Phi) is 5.42. The third-order valence-corrected chi connectivity index (χ3v) is 4.41. The molecule has 28 heavy (non-hydrogen) atoms. The Balaban J connectivity index is 1.26. The van der Waals surface area contributed by atoms with Gasteiger partial charge in [-0.3, -0.25) is 4.68 Å². The minimum atomic E-state index is -0.215. The average molecular weight is 378 g/mol. The van der Waals surface area contributed by atoms with Gasteiger partial charge in [0.1, 0.15) is 13.2 Å². The number of aromatic nitrogens is 2.